The monoisotopic (exact) mass is 347 g/mol. The molecule has 5 nitrogen and oxygen atoms in total. The summed E-state index contributed by atoms with van der Waals surface area (Å²) in [5.74, 6) is 0.844. The van der Waals surface area contributed by atoms with E-state index in [1.54, 1.807) is 30.3 Å². The third-order valence-corrected chi connectivity index (χ3v) is 5.66. The minimum absolute atomic E-state index is 0.163. The minimum atomic E-state index is -3.78. The van der Waals surface area contributed by atoms with Crippen molar-refractivity contribution in [2.24, 2.45) is 0 Å². The SMILES string of the molecule is COc1ccccc1NS(=O)(=O)c1cc2c(cc1OC)CCCC2. The summed E-state index contributed by atoms with van der Waals surface area (Å²) < 4.78 is 38.9. The van der Waals surface area contributed by atoms with Crippen molar-refractivity contribution in [3.63, 3.8) is 0 Å². The summed E-state index contributed by atoms with van der Waals surface area (Å²) in [5.41, 5.74) is 2.66. The molecule has 0 aromatic heterocycles. The largest absolute Gasteiger partial charge is 0.495 e. The van der Waals surface area contributed by atoms with Crippen LogP contribution in [-0.2, 0) is 22.9 Å². The maximum Gasteiger partial charge on any atom is 0.265 e. The number of aryl methyl sites for hydroxylation is 2. The summed E-state index contributed by atoms with van der Waals surface area (Å²) in [5, 5.41) is 0. The number of sulfonamides is 1. The first-order valence-corrected chi connectivity index (χ1v) is 9.39. The molecule has 0 unspecified atom stereocenters. The number of nitrogens with one attached hydrogen (secondary N) is 1. The highest BCUT2D eigenvalue weighted by atomic mass is 32.2. The van der Waals surface area contributed by atoms with Gasteiger partial charge in [0.25, 0.3) is 10.0 Å². The van der Waals surface area contributed by atoms with E-state index < -0.39 is 10.0 Å². The third-order valence-electron chi connectivity index (χ3n) is 4.27. The van der Waals surface area contributed by atoms with Crippen LogP contribution in [0.15, 0.2) is 41.3 Å². The van der Waals surface area contributed by atoms with Gasteiger partial charge in [0.05, 0.1) is 19.9 Å². The van der Waals surface area contributed by atoms with E-state index in [1.165, 1.54) is 19.8 Å². The summed E-state index contributed by atoms with van der Waals surface area (Å²) in [6.45, 7) is 0. The van der Waals surface area contributed by atoms with Gasteiger partial charge in [0.15, 0.2) is 0 Å². The standard InChI is InChI=1S/C18H21NO4S/c1-22-16-10-6-5-9-15(16)19-24(20,21)18-12-14-8-4-3-7-13(14)11-17(18)23-2/h5-6,9-12,19H,3-4,7-8H2,1-2H3. The molecule has 2 aromatic rings. The van der Waals surface area contributed by atoms with Crippen molar-refractivity contribution in [2.75, 3.05) is 18.9 Å². The highest BCUT2D eigenvalue weighted by Gasteiger charge is 2.24. The third kappa shape index (κ3) is 3.19. The van der Waals surface area contributed by atoms with Gasteiger partial charge >= 0.3 is 0 Å². The molecule has 0 aliphatic heterocycles. The Morgan fingerprint density at radius 2 is 1.54 bits per heavy atom. The van der Waals surface area contributed by atoms with E-state index >= 15 is 0 Å². The molecule has 0 heterocycles. The maximum atomic E-state index is 12.9. The Bertz CT molecular complexity index is 846. The molecule has 3 rings (SSSR count). The molecule has 0 amide bonds. The second kappa shape index (κ2) is 6.73. The zero-order valence-corrected chi connectivity index (χ0v) is 14.7. The molecule has 0 bridgehead atoms. The molecular weight excluding hydrogens is 326 g/mol. The van der Waals surface area contributed by atoms with E-state index in [-0.39, 0.29) is 4.90 Å². The fourth-order valence-corrected chi connectivity index (χ4v) is 4.31. The smallest absolute Gasteiger partial charge is 0.265 e. The van der Waals surface area contributed by atoms with Crippen LogP contribution in [0.3, 0.4) is 0 Å². The molecule has 24 heavy (non-hydrogen) atoms. The summed E-state index contributed by atoms with van der Waals surface area (Å²) >= 11 is 0. The average Bonchev–Trinajstić information content (AvgIpc) is 2.60. The van der Waals surface area contributed by atoms with Crippen LogP contribution in [0.4, 0.5) is 5.69 Å². The molecule has 0 atom stereocenters. The zero-order valence-electron chi connectivity index (χ0n) is 13.8. The van der Waals surface area contributed by atoms with E-state index in [0.717, 1.165) is 31.2 Å². The lowest BCUT2D eigenvalue weighted by Crippen LogP contribution is -2.16. The van der Waals surface area contributed by atoms with Gasteiger partial charge < -0.3 is 9.47 Å². The van der Waals surface area contributed by atoms with E-state index in [9.17, 15) is 8.42 Å². The van der Waals surface area contributed by atoms with E-state index in [1.807, 2.05) is 6.07 Å². The second-order valence-corrected chi connectivity index (χ2v) is 7.44. The van der Waals surface area contributed by atoms with Gasteiger partial charge in [-0.25, -0.2) is 8.42 Å². The number of hydrogen-bond donors (Lipinski definition) is 1. The Labute approximate surface area is 142 Å². The lowest BCUT2D eigenvalue weighted by atomic mass is 9.92. The van der Waals surface area contributed by atoms with Gasteiger partial charge in [-0.1, -0.05) is 12.1 Å². The first-order valence-electron chi connectivity index (χ1n) is 7.91. The molecule has 1 N–H and O–H groups in total. The molecule has 128 valence electrons. The van der Waals surface area contributed by atoms with Gasteiger partial charge in [-0.3, -0.25) is 4.72 Å². The zero-order chi connectivity index (χ0) is 17.2. The van der Waals surface area contributed by atoms with Gasteiger partial charge in [0.2, 0.25) is 0 Å². The van der Waals surface area contributed by atoms with Crippen LogP contribution in [0.25, 0.3) is 0 Å². The quantitative estimate of drug-likeness (QED) is 0.900. The Kier molecular flexibility index (Phi) is 4.66. The van der Waals surface area contributed by atoms with Gasteiger partial charge in [-0.15, -0.1) is 0 Å². The molecule has 0 spiro atoms. The maximum absolute atomic E-state index is 12.9. The molecule has 1 aliphatic carbocycles. The van der Waals surface area contributed by atoms with Crippen LogP contribution >= 0.6 is 0 Å². The van der Waals surface area contributed by atoms with Crippen LogP contribution in [0.5, 0.6) is 11.5 Å². The van der Waals surface area contributed by atoms with Crippen molar-refractivity contribution < 1.29 is 17.9 Å². The Morgan fingerprint density at radius 3 is 2.21 bits per heavy atom. The summed E-state index contributed by atoms with van der Waals surface area (Å²) in [4.78, 5) is 0.163. The predicted molar refractivity (Wildman–Crippen MR) is 93.4 cm³/mol. The van der Waals surface area contributed by atoms with E-state index in [4.69, 9.17) is 9.47 Å². The van der Waals surface area contributed by atoms with Crippen molar-refractivity contribution in [1.82, 2.24) is 0 Å². The number of fused-ring (bicyclic) bond motifs is 1. The molecule has 0 saturated heterocycles. The first-order chi connectivity index (χ1) is 11.5. The van der Waals surface area contributed by atoms with Crippen molar-refractivity contribution in [2.45, 2.75) is 30.6 Å². The Balaban J connectivity index is 2.03. The molecule has 6 heteroatoms. The second-order valence-electron chi connectivity index (χ2n) is 5.78. The molecule has 0 radical (unpaired) electrons. The van der Waals surface area contributed by atoms with Gasteiger partial charge in [-0.2, -0.15) is 0 Å². The first kappa shape index (κ1) is 16.6. The van der Waals surface area contributed by atoms with Crippen LogP contribution in [0, 0.1) is 0 Å². The van der Waals surface area contributed by atoms with E-state index in [0.29, 0.717) is 17.2 Å². The number of para-hydroxylation sites is 2. The number of methoxy groups -OCH3 is 2. The van der Waals surface area contributed by atoms with Crippen LogP contribution in [0.2, 0.25) is 0 Å². The minimum Gasteiger partial charge on any atom is -0.495 e. The molecule has 1 aliphatic rings. The lowest BCUT2D eigenvalue weighted by molar-refractivity contribution is 0.401. The number of hydrogen-bond acceptors (Lipinski definition) is 4. The van der Waals surface area contributed by atoms with Gasteiger partial charge in [0, 0.05) is 0 Å². The molecule has 2 aromatic carbocycles. The van der Waals surface area contributed by atoms with Crippen molar-refractivity contribution in [3.8, 4) is 11.5 Å². The number of benzene rings is 2. The normalized spacial score (nSPS) is 13.9. The Morgan fingerprint density at radius 1 is 0.917 bits per heavy atom. The fourth-order valence-electron chi connectivity index (χ4n) is 3.04. The van der Waals surface area contributed by atoms with Crippen LogP contribution in [0.1, 0.15) is 24.0 Å². The summed E-state index contributed by atoms with van der Waals surface area (Å²) in [6.07, 6.45) is 4.07. The molecule has 0 fully saturated rings. The summed E-state index contributed by atoms with van der Waals surface area (Å²) in [7, 11) is -0.778. The highest BCUT2D eigenvalue weighted by Crippen LogP contribution is 2.34. The van der Waals surface area contributed by atoms with Crippen molar-refractivity contribution in [3.05, 3.63) is 47.5 Å². The number of anilines is 1. The lowest BCUT2D eigenvalue weighted by Gasteiger charge is -2.20. The van der Waals surface area contributed by atoms with Gasteiger partial charge in [-0.05, 0) is 61.1 Å². The van der Waals surface area contributed by atoms with Crippen LogP contribution < -0.4 is 14.2 Å². The van der Waals surface area contributed by atoms with Crippen molar-refractivity contribution in [1.29, 1.82) is 0 Å². The predicted octanol–water partition coefficient (Wildman–Crippen LogP) is 3.38. The van der Waals surface area contributed by atoms with Crippen LogP contribution in [-0.4, -0.2) is 22.6 Å². The van der Waals surface area contributed by atoms with Crippen molar-refractivity contribution >= 4 is 15.7 Å². The number of ether oxygens (including phenoxy) is 2. The average molecular weight is 347 g/mol. The highest BCUT2D eigenvalue weighted by molar-refractivity contribution is 7.92. The molecular formula is C18H21NO4S. The summed E-state index contributed by atoms with van der Waals surface area (Å²) in [6, 6.07) is 10.5. The Hall–Kier alpha value is -2.21. The van der Waals surface area contributed by atoms with Gasteiger partial charge in [0.1, 0.15) is 16.4 Å². The fraction of sp³-hybridized carbons (Fsp3) is 0.333. The topological polar surface area (TPSA) is 64.6 Å². The van der Waals surface area contributed by atoms with E-state index in [2.05, 4.69) is 4.72 Å². The number of rotatable bonds is 5. The molecule has 0 saturated carbocycles.